The van der Waals surface area contributed by atoms with E-state index in [0.717, 1.165) is 0 Å². The third kappa shape index (κ3) is 5.83. The van der Waals surface area contributed by atoms with Crippen LogP contribution in [0.25, 0.3) is 0 Å². The van der Waals surface area contributed by atoms with Crippen LogP contribution in [0.2, 0.25) is 0 Å². The molecule has 0 fully saturated rings. The summed E-state index contributed by atoms with van der Waals surface area (Å²) in [6.45, 7) is 2.18. The highest BCUT2D eigenvalue weighted by Crippen LogP contribution is 2.26. The van der Waals surface area contributed by atoms with E-state index in [9.17, 15) is 9.59 Å². The van der Waals surface area contributed by atoms with Gasteiger partial charge in [0.25, 0.3) is 5.91 Å². The zero-order valence-corrected chi connectivity index (χ0v) is 14.3. The van der Waals surface area contributed by atoms with Crippen LogP contribution >= 0.6 is 0 Å². The lowest BCUT2D eigenvalue weighted by Crippen LogP contribution is -2.20. The first-order chi connectivity index (χ1) is 12.6. The predicted octanol–water partition coefficient (Wildman–Crippen LogP) is 2.95. The molecule has 0 heterocycles. The number of rotatable bonds is 8. The molecule has 0 atom stereocenters. The molecule has 2 N–H and O–H groups in total. The lowest BCUT2D eigenvalue weighted by molar-refractivity contribution is -0.118. The molecule has 0 saturated carbocycles. The highest BCUT2D eigenvalue weighted by Gasteiger charge is 2.08. The minimum absolute atomic E-state index is 0.185. The standard InChI is InChI=1S/C19H19N3O4/c1-2-25-16-8-3-4-9-17(16)26-13-19(24)22-15-7-5-6-14(12-15)21-18(23)10-11-20/h3-9,12H,2,10,13H2,1H3,(H,21,23)(H,22,24). The van der Waals surface area contributed by atoms with Crippen LogP contribution in [-0.2, 0) is 9.59 Å². The Balaban J connectivity index is 1.92. The van der Waals surface area contributed by atoms with Crippen LogP contribution in [0.15, 0.2) is 48.5 Å². The van der Waals surface area contributed by atoms with E-state index in [1.165, 1.54) is 0 Å². The van der Waals surface area contributed by atoms with Crippen LogP contribution in [0.3, 0.4) is 0 Å². The van der Waals surface area contributed by atoms with Crippen LogP contribution in [0.5, 0.6) is 11.5 Å². The number of carbonyl (C=O) groups is 2. The van der Waals surface area contributed by atoms with Gasteiger partial charge in [0.15, 0.2) is 18.1 Å². The zero-order valence-electron chi connectivity index (χ0n) is 14.3. The topological polar surface area (TPSA) is 100 Å². The summed E-state index contributed by atoms with van der Waals surface area (Å²) in [6.07, 6.45) is -0.232. The molecule has 0 saturated heterocycles. The molecular weight excluding hydrogens is 334 g/mol. The van der Waals surface area contributed by atoms with Crippen LogP contribution in [0, 0.1) is 11.3 Å². The molecule has 2 aromatic rings. The highest BCUT2D eigenvalue weighted by atomic mass is 16.5. The van der Waals surface area contributed by atoms with Gasteiger partial charge in [-0.05, 0) is 37.3 Å². The third-order valence-corrected chi connectivity index (χ3v) is 3.18. The number of nitrogens with zero attached hydrogens (tertiary/aromatic N) is 1. The van der Waals surface area contributed by atoms with Crippen molar-refractivity contribution in [1.82, 2.24) is 0 Å². The van der Waals surface area contributed by atoms with E-state index < -0.39 is 5.91 Å². The number of benzene rings is 2. The van der Waals surface area contributed by atoms with Gasteiger partial charge in [-0.15, -0.1) is 0 Å². The van der Waals surface area contributed by atoms with Gasteiger partial charge in [-0.1, -0.05) is 18.2 Å². The largest absolute Gasteiger partial charge is 0.490 e. The van der Waals surface area contributed by atoms with E-state index in [-0.39, 0.29) is 18.9 Å². The number of nitriles is 1. The summed E-state index contributed by atoms with van der Waals surface area (Å²) in [6, 6.07) is 15.5. The minimum Gasteiger partial charge on any atom is -0.490 e. The second-order valence-corrected chi connectivity index (χ2v) is 5.18. The van der Waals surface area contributed by atoms with E-state index >= 15 is 0 Å². The van der Waals surface area contributed by atoms with E-state index in [2.05, 4.69) is 10.6 Å². The molecule has 0 aliphatic carbocycles. The Bertz CT molecular complexity index is 814. The van der Waals surface area contributed by atoms with Crippen molar-refractivity contribution >= 4 is 23.2 Å². The summed E-state index contributed by atoms with van der Waals surface area (Å²) in [5, 5.41) is 13.8. The fourth-order valence-electron chi connectivity index (χ4n) is 2.14. The molecule has 7 nitrogen and oxygen atoms in total. The summed E-state index contributed by atoms with van der Waals surface area (Å²) in [5.74, 6) is 0.302. The summed E-state index contributed by atoms with van der Waals surface area (Å²) >= 11 is 0. The number of hydrogen-bond donors (Lipinski definition) is 2. The fraction of sp³-hybridized carbons (Fsp3) is 0.211. The number of carbonyl (C=O) groups excluding carboxylic acids is 2. The molecule has 7 heteroatoms. The lowest BCUT2D eigenvalue weighted by Gasteiger charge is -2.12. The maximum Gasteiger partial charge on any atom is 0.262 e. The molecule has 0 aromatic heterocycles. The van der Waals surface area contributed by atoms with Gasteiger partial charge in [0, 0.05) is 11.4 Å². The molecule has 0 aliphatic rings. The number of amides is 2. The van der Waals surface area contributed by atoms with Crippen LogP contribution < -0.4 is 20.1 Å². The average Bonchev–Trinajstić information content (AvgIpc) is 2.62. The first-order valence-electron chi connectivity index (χ1n) is 8.03. The Labute approximate surface area is 151 Å². The summed E-state index contributed by atoms with van der Waals surface area (Å²) in [5.41, 5.74) is 0.997. The second-order valence-electron chi connectivity index (χ2n) is 5.18. The molecule has 0 unspecified atom stereocenters. The minimum atomic E-state index is -0.410. The van der Waals surface area contributed by atoms with Crippen LogP contribution in [0.4, 0.5) is 11.4 Å². The Hall–Kier alpha value is -3.53. The highest BCUT2D eigenvalue weighted by molar-refractivity contribution is 5.95. The third-order valence-electron chi connectivity index (χ3n) is 3.18. The summed E-state index contributed by atoms with van der Waals surface area (Å²) in [4.78, 5) is 23.5. The van der Waals surface area contributed by atoms with Gasteiger partial charge in [-0.2, -0.15) is 5.26 Å². The number of anilines is 2. The normalized spacial score (nSPS) is 9.69. The molecule has 0 aliphatic heterocycles. The van der Waals surface area contributed by atoms with Gasteiger partial charge >= 0.3 is 0 Å². The lowest BCUT2D eigenvalue weighted by atomic mass is 10.2. The van der Waals surface area contributed by atoms with E-state index in [4.69, 9.17) is 14.7 Å². The summed E-state index contributed by atoms with van der Waals surface area (Å²) in [7, 11) is 0. The smallest absolute Gasteiger partial charge is 0.262 e. The first kappa shape index (κ1) is 18.8. The zero-order chi connectivity index (χ0) is 18.8. The van der Waals surface area contributed by atoms with Crippen molar-refractivity contribution in [3.05, 3.63) is 48.5 Å². The van der Waals surface area contributed by atoms with Crippen molar-refractivity contribution in [1.29, 1.82) is 5.26 Å². The Kier molecular flexibility index (Phi) is 7.01. The van der Waals surface area contributed by atoms with Crippen LogP contribution in [-0.4, -0.2) is 25.0 Å². The molecule has 0 bridgehead atoms. The van der Waals surface area contributed by atoms with Gasteiger partial charge in [0.2, 0.25) is 5.91 Å². The van der Waals surface area contributed by atoms with Crippen molar-refractivity contribution in [2.75, 3.05) is 23.8 Å². The van der Waals surface area contributed by atoms with E-state index in [0.29, 0.717) is 29.5 Å². The molecule has 2 aromatic carbocycles. The maximum absolute atomic E-state index is 12.1. The van der Waals surface area contributed by atoms with E-state index in [1.54, 1.807) is 48.5 Å². The molecule has 0 radical (unpaired) electrons. The van der Waals surface area contributed by atoms with Crippen molar-refractivity contribution in [3.63, 3.8) is 0 Å². The monoisotopic (exact) mass is 353 g/mol. The average molecular weight is 353 g/mol. The van der Waals surface area contributed by atoms with Gasteiger partial charge < -0.3 is 20.1 Å². The Morgan fingerprint density at radius 2 is 1.58 bits per heavy atom. The van der Waals surface area contributed by atoms with Gasteiger partial charge in [0.05, 0.1) is 12.7 Å². The molecule has 0 spiro atoms. The van der Waals surface area contributed by atoms with Gasteiger partial charge in [0.1, 0.15) is 6.42 Å². The fourth-order valence-corrected chi connectivity index (χ4v) is 2.14. The first-order valence-corrected chi connectivity index (χ1v) is 8.03. The molecule has 2 amide bonds. The SMILES string of the molecule is CCOc1ccccc1OCC(=O)Nc1cccc(NC(=O)CC#N)c1. The van der Waals surface area contributed by atoms with E-state index in [1.807, 2.05) is 13.0 Å². The molecular formula is C19H19N3O4. The number of para-hydroxylation sites is 2. The second kappa shape index (κ2) is 9.69. The maximum atomic E-state index is 12.1. The van der Waals surface area contributed by atoms with Crippen molar-refractivity contribution in [2.24, 2.45) is 0 Å². The number of hydrogen-bond acceptors (Lipinski definition) is 5. The Morgan fingerprint density at radius 1 is 0.962 bits per heavy atom. The van der Waals surface area contributed by atoms with Crippen molar-refractivity contribution in [3.8, 4) is 17.6 Å². The van der Waals surface area contributed by atoms with Crippen molar-refractivity contribution in [2.45, 2.75) is 13.3 Å². The molecule has 2 rings (SSSR count). The number of nitrogens with one attached hydrogen (secondary N) is 2. The summed E-state index contributed by atoms with van der Waals surface area (Å²) < 4.78 is 10.9. The predicted molar refractivity (Wildman–Crippen MR) is 97.0 cm³/mol. The Morgan fingerprint density at radius 3 is 2.19 bits per heavy atom. The van der Waals surface area contributed by atoms with Gasteiger partial charge in [-0.25, -0.2) is 0 Å². The van der Waals surface area contributed by atoms with Crippen molar-refractivity contribution < 1.29 is 19.1 Å². The number of ether oxygens (including phenoxy) is 2. The molecule has 134 valence electrons. The quantitative estimate of drug-likeness (QED) is 0.760. The van der Waals surface area contributed by atoms with Crippen LogP contribution in [0.1, 0.15) is 13.3 Å². The molecule has 26 heavy (non-hydrogen) atoms. The van der Waals surface area contributed by atoms with Gasteiger partial charge in [-0.3, -0.25) is 9.59 Å².